The second kappa shape index (κ2) is 7.49. The number of amides is 1. The van der Waals surface area contributed by atoms with E-state index in [1.807, 2.05) is 42.5 Å². The molecule has 0 fully saturated rings. The second-order valence-electron chi connectivity index (χ2n) is 7.21. The van der Waals surface area contributed by atoms with Crippen LogP contribution in [0.25, 0.3) is 11.3 Å². The van der Waals surface area contributed by atoms with E-state index in [-0.39, 0.29) is 11.7 Å². The number of methoxy groups -OCH3 is 1. The molecule has 1 aliphatic rings. The van der Waals surface area contributed by atoms with Crippen LogP contribution in [0.2, 0.25) is 5.02 Å². The number of hydrogen-bond donors (Lipinski definition) is 2. The maximum Gasteiger partial charge on any atom is 0.277 e. The van der Waals surface area contributed by atoms with Gasteiger partial charge in [0.2, 0.25) is 0 Å². The van der Waals surface area contributed by atoms with Gasteiger partial charge in [0, 0.05) is 21.8 Å². The standard InChI is InChI=1S/C24H18ClN3O3/c1-31-19-13-15(7-12-18(19)29)23-20-21(14-5-3-2-4-6-14)26-27-22(20)24(30)28(23)17-10-8-16(25)9-11-17/h2-13,23,29H,1H3,(H,26,27)/t23-/m0/s1. The fourth-order valence-electron chi connectivity index (χ4n) is 4.01. The Morgan fingerprint density at radius 1 is 1.06 bits per heavy atom. The molecule has 1 aliphatic heterocycles. The number of nitrogens with zero attached hydrogens (tertiary/aromatic N) is 2. The minimum Gasteiger partial charge on any atom is -0.504 e. The van der Waals surface area contributed by atoms with Gasteiger partial charge in [-0.3, -0.25) is 14.8 Å². The molecule has 0 bridgehead atoms. The second-order valence-corrected chi connectivity index (χ2v) is 7.65. The van der Waals surface area contributed by atoms with Crippen molar-refractivity contribution in [1.29, 1.82) is 0 Å². The molecular formula is C24H18ClN3O3. The van der Waals surface area contributed by atoms with Crippen molar-refractivity contribution in [2.75, 3.05) is 12.0 Å². The molecule has 0 aliphatic carbocycles. The van der Waals surface area contributed by atoms with Crippen molar-refractivity contribution >= 4 is 23.2 Å². The molecule has 0 radical (unpaired) electrons. The third kappa shape index (κ3) is 3.12. The van der Waals surface area contributed by atoms with E-state index in [4.69, 9.17) is 16.3 Å². The van der Waals surface area contributed by atoms with Gasteiger partial charge in [0.15, 0.2) is 11.5 Å². The molecule has 0 unspecified atom stereocenters. The lowest BCUT2D eigenvalue weighted by Gasteiger charge is -2.27. The number of halogens is 1. The van der Waals surface area contributed by atoms with Gasteiger partial charge in [-0.2, -0.15) is 5.10 Å². The molecule has 4 aromatic rings. The van der Waals surface area contributed by atoms with Crippen LogP contribution in [0.3, 0.4) is 0 Å². The average molecular weight is 432 g/mol. The van der Waals surface area contributed by atoms with Crippen LogP contribution in [0.4, 0.5) is 5.69 Å². The Morgan fingerprint density at radius 2 is 1.81 bits per heavy atom. The number of phenolic OH excluding ortho intramolecular Hbond substituents is 1. The molecule has 1 aromatic heterocycles. The van der Waals surface area contributed by atoms with Gasteiger partial charge in [0.1, 0.15) is 5.69 Å². The number of aromatic amines is 1. The summed E-state index contributed by atoms with van der Waals surface area (Å²) < 4.78 is 5.32. The van der Waals surface area contributed by atoms with Gasteiger partial charge in [0.05, 0.1) is 18.8 Å². The zero-order chi connectivity index (χ0) is 21.5. The lowest BCUT2D eigenvalue weighted by atomic mass is 9.95. The predicted molar refractivity (Wildman–Crippen MR) is 119 cm³/mol. The van der Waals surface area contributed by atoms with Gasteiger partial charge in [-0.25, -0.2) is 0 Å². The highest BCUT2D eigenvalue weighted by Gasteiger charge is 2.43. The number of nitrogens with one attached hydrogen (secondary N) is 1. The van der Waals surface area contributed by atoms with Gasteiger partial charge in [-0.15, -0.1) is 0 Å². The van der Waals surface area contributed by atoms with E-state index in [1.54, 1.807) is 35.2 Å². The summed E-state index contributed by atoms with van der Waals surface area (Å²) in [6, 6.07) is 21.5. The zero-order valence-corrected chi connectivity index (χ0v) is 17.3. The number of benzene rings is 3. The minimum absolute atomic E-state index is 0.0318. The first-order valence-corrected chi connectivity index (χ1v) is 10.1. The van der Waals surface area contributed by atoms with Crippen molar-refractivity contribution in [2.24, 2.45) is 0 Å². The largest absolute Gasteiger partial charge is 0.504 e. The molecule has 0 spiro atoms. The summed E-state index contributed by atoms with van der Waals surface area (Å²) in [5.41, 5.74) is 4.31. The monoisotopic (exact) mass is 431 g/mol. The number of phenols is 1. The maximum absolute atomic E-state index is 13.5. The molecule has 1 atom stereocenters. The number of anilines is 1. The van der Waals surface area contributed by atoms with Crippen molar-refractivity contribution in [1.82, 2.24) is 10.2 Å². The number of carbonyl (C=O) groups is 1. The summed E-state index contributed by atoms with van der Waals surface area (Å²) >= 11 is 6.07. The quantitative estimate of drug-likeness (QED) is 0.466. The van der Waals surface area contributed by atoms with Crippen LogP contribution >= 0.6 is 11.6 Å². The summed E-state index contributed by atoms with van der Waals surface area (Å²) in [6.45, 7) is 0. The molecule has 1 amide bonds. The van der Waals surface area contributed by atoms with Crippen LogP contribution in [-0.2, 0) is 0 Å². The third-order valence-electron chi connectivity index (χ3n) is 5.44. The molecule has 0 saturated carbocycles. The Hall–Kier alpha value is -3.77. The van der Waals surface area contributed by atoms with Crippen molar-refractivity contribution in [3.8, 4) is 22.8 Å². The van der Waals surface area contributed by atoms with Crippen LogP contribution < -0.4 is 9.64 Å². The Labute approximate surface area is 183 Å². The van der Waals surface area contributed by atoms with E-state index in [0.717, 1.165) is 16.7 Å². The first kappa shape index (κ1) is 19.2. The highest BCUT2D eigenvalue weighted by molar-refractivity contribution is 6.30. The lowest BCUT2D eigenvalue weighted by Crippen LogP contribution is -2.29. The van der Waals surface area contributed by atoms with Crippen LogP contribution in [0.5, 0.6) is 11.5 Å². The zero-order valence-electron chi connectivity index (χ0n) is 16.5. The van der Waals surface area contributed by atoms with E-state index >= 15 is 0 Å². The summed E-state index contributed by atoms with van der Waals surface area (Å²) in [7, 11) is 1.49. The van der Waals surface area contributed by atoms with Crippen molar-refractivity contribution < 1.29 is 14.6 Å². The predicted octanol–water partition coefficient (Wildman–Crippen LogP) is 5.19. The molecule has 31 heavy (non-hydrogen) atoms. The normalized spacial score (nSPS) is 15.2. The van der Waals surface area contributed by atoms with Crippen molar-refractivity contribution in [3.63, 3.8) is 0 Å². The number of carbonyl (C=O) groups excluding carboxylic acids is 1. The summed E-state index contributed by atoms with van der Waals surface area (Å²) in [4.78, 5) is 15.2. The highest BCUT2D eigenvalue weighted by Crippen LogP contribution is 2.46. The van der Waals surface area contributed by atoms with E-state index in [9.17, 15) is 9.90 Å². The van der Waals surface area contributed by atoms with Gasteiger partial charge >= 0.3 is 0 Å². The summed E-state index contributed by atoms with van der Waals surface area (Å²) in [5.74, 6) is 0.174. The number of aromatic nitrogens is 2. The number of rotatable bonds is 4. The van der Waals surface area contributed by atoms with E-state index < -0.39 is 6.04 Å². The Kier molecular flexibility index (Phi) is 4.64. The lowest BCUT2D eigenvalue weighted by molar-refractivity contribution is 0.0988. The minimum atomic E-state index is -0.466. The van der Waals surface area contributed by atoms with Crippen molar-refractivity contribution in [2.45, 2.75) is 6.04 Å². The van der Waals surface area contributed by atoms with Crippen LogP contribution in [0.15, 0.2) is 72.8 Å². The molecule has 3 aromatic carbocycles. The Morgan fingerprint density at radius 3 is 2.52 bits per heavy atom. The van der Waals surface area contributed by atoms with Crippen LogP contribution in [0, 0.1) is 0 Å². The fraction of sp³-hybridized carbons (Fsp3) is 0.0833. The van der Waals surface area contributed by atoms with E-state index in [2.05, 4.69) is 10.2 Å². The SMILES string of the molecule is COc1cc([C@H]2c3c(-c4ccccc4)n[nH]c3C(=O)N2c2ccc(Cl)cc2)ccc1O. The first-order chi connectivity index (χ1) is 15.1. The van der Waals surface area contributed by atoms with Crippen molar-refractivity contribution in [3.05, 3.63) is 94.6 Å². The van der Waals surface area contributed by atoms with Crippen LogP contribution in [-0.4, -0.2) is 28.3 Å². The number of hydrogen-bond acceptors (Lipinski definition) is 4. The highest BCUT2D eigenvalue weighted by atomic mass is 35.5. The molecule has 2 heterocycles. The van der Waals surface area contributed by atoms with Gasteiger partial charge in [0.25, 0.3) is 5.91 Å². The molecule has 0 saturated heterocycles. The number of ether oxygens (including phenoxy) is 1. The summed E-state index contributed by atoms with van der Waals surface area (Å²) in [5, 5.41) is 18.1. The first-order valence-electron chi connectivity index (χ1n) is 9.68. The molecule has 7 heteroatoms. The number of H-pyrrole nitrogens is 1. The number of aromatic hydroxyl groups is 1. The summed E-state index contributed by atoms with van der Waals surface area (Å²) in [6.07, 6.45) is 0. The Balaban J connectivity index is 1.74. The molecule has 6 nitrogen and oxygen atoms in total. The molecular weight excluding hydrogens is 414 g/mol. The molecule has 154 valence electrons. The molecule has 5 rings (SSSR count). The van der Waals surface area contributed by atoms with E-state index in [0.29, 0.717) is 27.8 Å². The third-order valence-corrected chi connectivity index (χ3v) is 5.69. The van der Waals surface area contributed by atoms with Crippen LogP contribution in [0.1, 0.15) is 27.7 Å². The van der Waals surface area contributed by atoms with E-state index in [1.165, 1.54) is 7.11 Å². The average Bonchev–Trinajstić information content (AvgIpc) is 3.35. The smallest absolute Gasteiger partial charge is 0.277 e. The molecule has 2 N–H and O–H groups in total. The van der Waals surface area contributed by atoms with Gasteiger partial charge in [-0.05, 0) is 42.0 Å². The maximum atomic E-state index is 13.5. The fourth-order valence-corrected chi connectivity index (χ4v) is 4.14. The topological polar surface area (TPSA) is 78.5 Å². The number of fused-ring (bicyclic) bond motifs is 1. The Bertz CT molecular complexity index is 1270. The van der Waals surface area contributed by atoms with Gasteiger partial charge < -0.3 is 9.84 Å². The van der Waals surface area contributed by atoms with Gasteiger partial charge in [-0.1, -0.05) is 48.0 Å².